The Labute approximate surface area is 198 Å². The van der Waals surface area contributed by atoms with Gasteiger partial charge >= 0.3 is 0 Å². The third kappa shape index (κ3) is 3.88. The van der Waals surface area contributed by atoms with E-state index in [1.54, 1.807) is 10.9 Å². The van der Waals surface area contributed by atoms with Gasteiger partial charge in [-0.1, -0.05) is 24.3 Å². The van der Waals surface area contributed by atoms with Gasteiger partial charge in [0.15, 0.2) is 0 Å². The number of thiophene rings is 1. The van der Waals surface area contributed by atoms with Gasteiger partial charge in [0.2, 0.25) is 0 Å². The maximum atomic E-state index is 13.2. The predicted octanol–water partition coefficient (Wildman–Crippen LogP) is 2.63. The van der Waals surface area contributed by atoms with Crippen LogP contribution in [0.1, 0.15) is 10.4 Å². The predicted molar refractivity (Wildman–Crippen MR) is 135 cm³/mol. The van der Waals surface area contributed by atoms with Crippen LogP contribution in [0, 0.1) is 0 Å². The first kappa shape index (κ1) is 20.9. The van der Waals surface area contributed by atoms with Crippen molar-refractivity contribution in [3.05, 3.63) is 63.7 Å². The van der Waals surface area contributed by atoms with Crippen LogP contribution in [0.2, 0.25) is 0 Å². The van der Waals surface area contributed by atoms with Crippen molar-refractivity contribution in [2.24, 2.45) is 0 Å². The molecule has 0 saturated carbocycles. The molecule has 1 aromatic carbocycles. The number of fused-ring (bicyclic) bond motifs is 4. The second-order valence-corrected chi connectivity index (χ2v) is 11.3. The maximum absolute atomic E-state index is 13.2. The van der Waals surface area contributed by atoms with Crippen LogP contribution >= 0.6 is 11.3 Å². The largest absolute Gasteiger partial charge is 0.354 e. The second kappa shape index (κ2) is 8.62. The van der Waals surface area contributed by atoms with Crippen molar-refractivity contribution in [2.75, 3.05) is 43.4 Å². The van der Waals surface area contributed by atoms with E-state index in [1.165, 1.54) is 22.1 Å². The Morgan fingerprint density at radius 2 is 1.88 bits per heavy atom. The molecular weight excluding hydrogens is 454 g/mol. The van der Waals surface area contributed by atoms with Crippen molar-refractivity contribution in [1.82, 2.24) is 19.4 Å². The summed E-state index contributed by atoms with van der Waals surface area (Å²) in [6.07, 6.45) is 4.29. The van der Waals surface area contributed by atoms with E-state index < -0.39 is 10.8 Å². The van der Waals surface area contributed by atoms with E-state index in [2.05, 4.69) is 50.1 Å². The molecule has 0 radical (unpaired) electrons. The minimum absolute atomic E-state index is 0.0452. The van der Waals surface area contributed by atoms with Gasteiger partial charge in [0.25, 0.3) is 5.56 Å². The van der Waals surface area contributed by atoms with Gasteiger partial charge < -0.3 is 4.90 Å². The zero-order valence-electron chi connectivity index (χ0n) is 18.3. The molecule has 33 heavy (non-hydrogen) atoms. The molecule has 3 aromatic heterocycles. The smallest absolute Gasteiger partial charge is 0.262 e. The standard InChI is InChI=1S/C24H25N5O2S2/c30-24-21-19-6-14-33(31)15-20(19)32-23(21)26-16-29(24)13-10-27-8-11-28(12-9-27)22-18-4-2-1-3-17(18)5-7-25-22/h1-5,7,16H,6,8-15H2. The lowest BCUT2D eigenvalue weighted by atomic mass is 10.1. The summed E-state index contributed by atoms with van der Waals surface area (Å²) in [6.45, 7) is 5.17. The van der Waals surface area contributed by atoms with E-state index in [0.717, 1.165) is 59.2 Å². The molecule has 7 nitrogen and oxygen atoms in total. The number of nitrogens with zero attached hydrogens (tertiary/aromatic N) is 5. The van der Waals surface area contributed by atoms with Gasteiger partial charge in [0, 0.05) is 72.3 Å². The van der Waals surface area contributed by atoms with Crippen molar-refractivity contribution in [3.63, 3.8) is 0 Å². The topological polar surface area (TPSA) is 71.3 Å². The molecule has 170 valence electrons. The monoisotopic (exact) mass is 479 g/mol. The van der Waals surface area contributed by atoms with Crippen molar-refractivity contribution in [2.45, 2.75) is 18.7 Å². The summed E-state index contributed by atoms with van der Waals surface area (Å²) in [6, 6.07) is 10.5. The number of benzene rings is 1. The molecule has 1 fully saturated rings. The highest BCUT2D eigenvalue weighted by Gasteiger charge is 2.24. The Balaban J connectivity index is 1.14. The third-order valence-corrected chi connectivity index (χ3v) is 9.31. The lowest BCUT2D eigenvalue weighted by Gasteiger charge is -2.35. The fourth-order valence-corrected chi connectivity index (χ4v) is 7.54. The summed E-state index contributed by atoms with van der Waals surface area (Å²) in [4.78, 5) is 29.1. The summed E-state index contributed by atoms with van der Waals surface area (Å²) in [5.41, 5.74) is 1.13. The molecule has 0 bridgehead atoms. The zero-order valence-corrected chi connectivity index (χ0v) is 19.9. The fourth-order valence-electron chi connectivity index (χ4n) is 4.89. The number of aromatic nitrogens is 3. The molecule has 1 atom stereocenters. The molecule has 0 N–H and O–H groups in total. The average molecular weight is 480 g/mol. The van der Waals surface area contributed by atoms with Crippen LogP contribution in [0.25, 0.3) is 21.0 Å². The van der Waals surface area contributed by atoms with Crippen molar-refractivity contribution >= 4 is 48.9 Å². The third-order valence-electron chi connectivity index (χ3n) is 6.71. The number of hydrogen-bond donors (Lipinski definition) is 0. The summed E-state index contributed by atoms with van der Waals surface area (Å²) < 4.78 is 13.7. The van der Waals surface area contributed by atoms with Crippen LogP contribution in [0.3, 0.4) is 0 Å². The number of piperazine rings is 1. The summed E-state index contributed by atoms with van der Waals surface area (Å²) in [5, 5.41) is 3.16. The number of rotatable bonds is 4. The quantitative estimate of drug-likeness (QED) is 0.448. The SMILES string of the molecule is O=c1c2c3c(sc2ncn1CCN1CCN(c2nccc4ccccc24)CC1)CS(=O)CC3. The normalized spacial score (nSPS) is 19.3. The number of anilines is 1. The van der Waals surface area contributed by atoms with Gasteiger partial charge in [-0.25, -0.2) is 9.97 Å². The second-order valence-electron chi connectivity index (χ2n) is 8.65. The highest BCUT2D eigenvalue weighted by atomic mass is 32.2. The first-order valence-electron chi connectivity index (χ1n) is 11.3. The number of hydrogen-bond acceptors (Lipinski definition) is 7. The molecule has 1 saturated heterocycles. The summed E-state index contributed by atoms with van der Waals surface area (Å²) in [7, 11) is -0.813. The van der Waals surface area contributed by atoms with Crippen molar-refractivity contribution < 1.29 is 4.21 Å². The van der Waals surface area contributed by atoms with Crippen LogP contribution in [-0.2, 0) is 29.5 Å². The molecule has 5 heterocycles. The Bertz CT molecular complexity index is 1420. The van der Waals surface area contributed by atoms with Crippen LogP contribution in [0.15, 0.2) is 47.7 Å². The number of aryl methyl sites for hydroxylation is 1. The van der Waals surface area contributed by atoms with Crippen LogP contribution in [0.4, 0.5) is 5.82 Å². The summed E-state index contributed by atoms with van der Waals surface area (Å²) in [5.74, 6) is 2.26. The van der Waals surface area contributed by atoms with Crippen LogP contribution in [-0.4, -0.2) is 62.1 Å². The highest BCUT2D eigenvalue weighted by molar-refractivity contribution is 7.84. The summed E-state index contributed by atoms with van der Waals surface area (Å²) >= 11 is 1.53. The Kier molecular flexibility index (Phi) is 5.48. The molecule has 0 aliphatic carbocycles. The fraction of sp³-hybridized carbons (Fsp3) is 0.375. The van der Waals surface area contributed by atoms with E-state index >= 15 is 0 Å². The molecule has 1 unspecified atom stereocenters. The Morgan fingerprint density at radius 1 is 1.03 bits per heavy atom. The molecule has 9 heteroatoms. The van der Waals surface area contributed by atoms with Gasteiger partial charge in [-0.2, -0.15) is 0 Å². The number of pyridine rings is 1. The zero-order chi connectivity index (χ0) is 22.4. The molecule has 0 spiro atoms. The Morgan fingerprint density at radius 3 is 2.76 bits per heavy atom. The van der Waals surface area contributed by atoms with E-state index in [-0.39, 0.29) is 5.56 Å². The lowest BCUT2D eigenvalue weighted by molar-refractivity contribution is 0.246. The molecular formula is C24H25N5O2S2. The van der Waals surface area contributed by atoms with Gasteiger partial charge in [-0.05, 0) is 23.4 Å². The van der Waals surface area contributed by atoms with Gasteiger partial charge in [-0.15, -0.1) is 11.3 Å². The average Bonchev–Trinajstić information content (AvgIpc) is 3.22. The molecule has 2 aliphatic rings. The molecule has 6 rings (SSSR count). The van der Waals surface area contributed by atoms with Crippen LogP contribution in [0.5, 0.6) is 0 Å². The molecule has 0 amide bonds. The lowest BCUT2D eigenvalue weighted by Crippen LogP contribution is -2.47. The van der Waals surface area contributed by atoms with E-state index in [4.69, 9.17) is 0 Å². The van der Waals surface area contributed by atoms with Gasteiger partial charge in [0.1, 0.15) is 10.6 Å². The highest BCUT2D eigenvalue weighted by Crippen LogP contribution is 2.32. The minimum atomic E-state index is -0.813. The first-order chi connectivity index (χ1) is 16.2. The minimum Gasteiger partial charge on any atom is -0.354 e. The molecule has 2 aliphatic heterocycles. The van der Waals surface area contributed by atoms with Gasteiger partial charge in [-0.3, -0.25) is 18.5 Å². The van der Waals surface area contributed by atoms with Gasteiger partial charge in [0.05, 0.1) is 17.5 Å². The van der Waals surface area contributed by atoms with Crippen molar-refractivity contribution in [1.29, 1.82) is 0 Å². The Hall–Kier alpha value is -2.62. The van der Waals surface area contributed by atoms with Crippen LogP contribution < -0.4 is 10.5 Å². The van der Waals surface area contributed by atoms with E-state index in [9.17, 15) is 9.00 Å². The van der Waals surface area contributed by atoms with E-state index in [0.29, 0.717) is 24.5 Å². The maximum Gasteiger partial charge on any atom is 0.262 e. The molecule has 4 aromatic rings. The first-order valence-corrected chi connectivity index (χ1v) is 13.6. The van der Waals surface area contributed by atoms with E-state index in [1.807, 2.05) is 6.20 Å². The van der Waals surface area contributed by atoms with Crippen molar-refractivity contribution in [3.8, 4) is 0 Å².